The van der Waals surface area contributed by atoms with Gasteiger partial charge in [-0.1, -0.05) is 26.2 Å². The molecule has 0 aromatic rings. The number of aliphatic hydroxyl groups is 4. The van der Waals surface area contributed by atoms with Crippen LogP contribution in [0.3, 0.4) is 0 Å². The van der Waals surface area contributed by atoms with Crippen molar-refractivity contribution in [2.45, 2.75) is 108 Å². The highest BCUT2D eigenvalue weighted by Gasteiger charge is 2.43. The van der Waals surface area contributed by atoms with Crippen molar-refractivity contribution >= 4 is 5.97 Å². The van der Waals surface area contributed by atoms with Crippen molar-refractivity contribution in [3.8, 4) is 0 Å². The molecule has 0 aliphatic carbocycles. The molecule has 1 saturated heterocycles. The Bertz CT molecular complexity index is 405. The van der Waals surface area contributed by atoms with E-state index >= 15 is 0 Å². The zero-order chi connectivity index (χ0) is 19.7. The first-order chi connectivity index (χ1) is 12.3. The highest BCUT2D eigenvalue weighted by atomic mass is 16.7. The average molecular weight is 378 g/mol. The molecule has 0 bridgehead atoms. The van der Waals surface area contributed by atoms with Gasteiger partial charge in [-0.15, -0.1) is 0 Å². The number of hydrogen-bond acceptors (Lipinski definition) is 7. The number of carboxylic acid groups (broad SMARTS) is 1. The third-order valence-electron chi connectivity index (χ3n) is 4.74. The molecule has 8 heteroatoms. The lowest BCUT2D eigenvalue weighted by atomic mass is 9.99. The maximum Gasteiger partial charge on any atom is 0.305 e. The fraction of sp³-hybridized carbons (Fsp3) is 0.944. The van der Waals surface area contributed by atoms with E-state index in [1.807, 2.05) is 0 Å². The van der Waals surface area contributed by atoms with Crippen LogP contribution in [0.5, 0.6) is 0 Å². The standard InChI is InChI=1S/C18H34O8/c1-3-4-5-8-13(9-6-7-12(19)10-14(20)21)26-18-17(24)16(23)15(22)11(2)25-18/h11-13,15-19,22-24H,3-10H2,1-2H3,(H,20,21). The van der Waals surface area contributed by atoms with Crippen LogP contribution in [0.2, 0.25) is 0 Å². The molecule has 8 nitrogen and oxygen atoms in total. The molecule has 1 aliphatic rings. The topological polar surface area (TPSA) is 137 Å². The Kier molecular flexibility index (Phi) is 10.6. The van der Waals surface area contributed by atoms with Crippen molar-refractivity contribution in [1.29, 1.82) is 0 Å². The Balaban J connectivity index is 2.55. The first-order valence-corrected chi connectivity index (χ1v) is 9.51. The molecule has 5 N–H and O–H groups in total. The van der Waals surface area contributed by atoms with E-state index in [1.54, 1.807) is 6.92 Å². The van der Waals surface area contributed by atoms with Gasteiger partial charge in [0.05, 0.1) is 24.7 Å². The number of rotatable bonds is 12. The van der Waals surface area contributed by atoms with Crippen LogP contribution in [0.1, 0.15) is 65.2 Å². The maximum atomic E-state index is 10.6. The minimum absolute atomic E-state index is 0.243. The van der Waals surface area contributed by atoms with Crippen molar-refractivity contribution in [2.24, 2.45) is 0 Å². The van der Waals surface area contributed by atoms with E-state index in [-0.39, 0.29) is 12.5 Å². The Hall–Kier alpha value is -0.770. The van der Waals surface area contributed by atoms with E-state index in [0.717, 1.165) is 25.7 Å². The van der Waals surface area contributed by atoms with Crippen molar-refractivity contribution in [3.05, 3.63) is 0 Å². The van der Waals surface area contributed by atoms with E-state index in [4.69, 9.17) is 14.6 Å². The second-order valence-electron chi connectivity index (χ2n) is 7.12. The predicted molar refractivity (Wildman–Crippen MR) is 93.5 cm³/mol. The number of carboxylic acids is 1. The highest BCUT2D eigenvalue weighted by Crippen LogP contribution is 2.25. The lowest BCUT2D eigenvalue weighted by molar-refractivity contribution is -0.305. The molecule has 7 atom stereocenters. The molecule has 0 aromatic carbocycles. The van der Waals surface area contributed by atoms with E-state index in [0.29, 0.717) is 19.3 Å². The fourth-order valence-electron chi connectivity index (χ4n) is 3.10. The highest BCUT2D eigenvalue weighted by molar-refractivity contribution is 5.67. The van der Waals surface area contributed by atoms with Crippen molar-refractivity contribution in [3.63, 3.8) is 0 Å². The number of carbonyl (C=O) groups is 1. The maximum absolute atomic E-state index is 10.6. The third-order valence-corrected chi connectivity index (χ3v) is 4.74. The van der Waals surface area contributed by atoms with Crippen molar-refractivity contribution in [2.75, 3.05) is 0 Å². The van der Waals surface area contributed by atoms with E-state index in [9.17, 15) is 25.2 Å². The van der Waals surface area contributed by atoms with Crippen LogP contribution in [-0.4, -0.2) is 74.4 Å². The van der Waals surface area contributed by atoms with Crippen LogP contribution >= 0.6 is 0 Å². The van der Waals surface area contributed by atoms with Crippen LogP contribution in [0, 0.1) is 0 Å². The smallest absolute Gasteiger partial charge is 0.305 e. The Labute approximate surface area is 154 Å². The molecule has 1 fully saturated rings. The molecule has 0 radical (unpaired) electrons. The lowest BCUT2D eigenvalue weighted by Crippen LogP contribution is -2.57. The zero-order valence-electron chi connectivity index (χ0n) is 15.7. The molecule has 0 aromatic heterocycles. The van der Waals surface area contributed by atoms with Crippen LogP contribution in [-0.2, 0) is 14.3 Å². The summed E-state index contributed by atoms with van der Waals surface area (Å²) in [6.45, 7) is 3.69. The number of unbranched alkanes of at least 4 members (excludes halogenated alkanes) is 2. The van der Waals surface area contributed by atoms with Crippen LogP contribution in [0.4, 0.5) is 0 Å². The Morgan fingerprint density at radius 3 is 2.31 bits per heavy atom. The van der Waals surface area contributed by atoms with Crippen LogP contribution < -0.4 is 0 Å². The molecular weight excluding hydrogens is 344 g/mol. The average Bonchev–Trinajstić information content (AvgIpc) is 2.57. The predicted octanol–water partition coefficient (Wildman–Crippen LogP) is 0.785. The molecule has 1 aliphatic heterocycles. The van der Waals surface area contributed by atoms with E-state index in [2.05, 4.69) is 6.92 Å². The zero-order valence-corrected chi connectivity index (χ0v) is 15.7. The monoisotopic (exact) mass is 378 g/mol. The molecule has 0 saturated carbocycles. The minimum Gasteiger partial charge on any atom is -0.481 e. The van der Waals surface area contributed by atoms with Gasteiger partial charge >= 0.3 is 5.97 Å². The van der Waals surface area contributed by atoms with Gasteiger partial charge in [-0.2, -0.15) is 0 Å². The molecule has 1 heterocycles. The van der Waals surface area contributed by atoms with E-state index < -0.39 is 42.8 Å². The van der Waals surface area contributed by atoms with Crippen LogP contribution in [0.15, 0.2) is 0 Å². The SMILES string of the molecule is CCCCCC(CCCC(O)CC(=O)O)OC1OC(C)C(O)C(O)C1O. The van der Waals surface area contributed by atoms with Gasteiger partial charge < -0.3 is 35.0 Å². The number of ether oxygens (including phenoxy) is 2. The molecule has 154 valence electrons. The summed E-state index contributed by atoms with van der Waals surface area (Å²) in [4.78, 5) is 10.6. The van der Waals surface area contributed by atoms with Gasteiger partial charge in [-0.05, 0) is 32.6 Å². The first kappa shape index (κ1) is 23.3. The second-order valence-corrected chi connectivity index (χ2v) is 7.12. The third kappa shape index (κ3) is 7.85. The molecular formula is C18H34O8. The van der Waals surface area contributed by atoms with Crippen molar-refractivity contribution < 1.29 is 39.8 Å². The summed E-state index contributed by atoms with van der Waals surface area (Å²) < 4.78 is 11.3. The number of aliphatic carboxylic acids is 1. The Morgan fingerprint density at radius 2 is 1.69 bits per heavy atom. The van der Waals surface area contributed by atoms with Crippen LogP contribution in [0.25, 0.3) is 0 Å². The molecule has 7 unspecified atom stereocenters. The fourth-order valence-corrected chi connectivity index (χ4v) is 3.10. The summed E-state index contributed by atoms with van der Waals surface area (Å²) in [5, 5.41) is 48.1. The lowest BCUT2D eigenvalue weighted by Gasteiger charge is -2.40. The van der Waals surface area contributed by atoms with Gasteiger partial charge in [0.25, 0.3) is 0 Å². The van der Waals surface area contributed by atoms with Gasteiger partial charge in [-0.3, -0.25) is 4.79 Å². The molecule has 26 heavy (non-hydrogen) atoms. The minimum atomic E-state index is -1.34. The summed E-state index contributed by atoms with van der Waals surface area (Å²) in [5.41, 5.74) is 0. The Morgan fingerprint density at radius 1 is 1.04 bits per heavy atom. The van der Waals surface area contributed by atoms with Gasteiger partial charge in [0.2, 0.25) is 0 Å². The molecule has 0 spiro atoms. The van der Waals surface area contributed by atoms with Crippen molar-refractivity contribution in [1.82, 2.24) is 0 Å². The summed E-state index contributed by atoms with van der Waals surface area (Å²) in [6.07, 6.45) is -1.68. The summed E-state index contributed by atoms with van der Waals surface area (Å²) in [5.74, 6) is -1.03. The number of hydrogen-bond donors (Lipinski definition) is 5. The largest absolute Gasteiger partial charge is 0.481 e. The van der Waals surface area contributed by atoms with Gasteiger partial charge in [0.1, 0.15) is 18.3 Å². The normalized spacial score (nSPS) is 31.5. The first-order valence-electron chi connectivity index (χ1n) is 9.51. The quantitative estimate of drug-likeness (QED) is 0.314. The molecule has 0 amide bonds. The number of aliphatic hydroxyl groups excluding tert-OH is 4. The summed E-state index contributed by atoms with van der Waals surface area (Å²) in [7, 11) is 0. The molecule has 1 rings (SSSR count). The summed E-state index contributed by atoms with van der Waals surface area (Å²) in [6, 6.07) is 0. The van der Waals surface area contributed by atoms with E-state index in [1.165, 1.54) is 0 Å². The van der Waals surface area contributed by atoms with Gasteiger partial charge in [0.15, 0.2) is 6.29 Å². The van der Waals surface area contributed by atoms with Gasteiger partial charge in [0, 0.05) is 0 Å². The van der Waals surface area contributed by atoms with Gasteiger partial charge in [-0.25, -0.2) is 0 Å². The second kappa shape index (κ2) is 11.8. The summed E-state index contributed by atoms with van der Waals surface area (Å²) >= 11 is 0.